The molecule has 0 spiro atoms. The van der Waals surface area contributed by atoms with E-state index in [0.29, 0.717) is 12.1 Å². The standard InChI is InChI=1S/C9H10NO2.K/c1-2-9(12)10-7-5-3-4-6-8(7)11;/h3,5-6,11H,2H2,1H3,(H,10,12);/q-1;+1. The summed E-state index contributed by atoms with van der Waals surface area (Å²) in [5, 5.41) is 11.8. The first-order valence-electron chi connectivity index (χ1n) is 3.73. The largest absolute Gasteiger partial charge is 1.00 e. The number of nitrogens with one attached hydrogen (secondary N) is 1. The van der Waals surface area contributed by atoms with Gasteiger partial charge in [0.15, 0.2) is 0 Å². The number of benzene rings is 1. The number of hydrogen-bond acceptors (Lipinski definition) is 2. The van der Waals surface area contributed by atoms with E-state index in [2.05, 4.69) is 11.4 Å². The number of aromatic hydroxyl groups is 1. The molecular weight excluding hydrogens is 193 g/mol. The SMILES string of the molecule is CCC(=O)Nc1cc[c-]cc1O.[K+]. The zero-order chi connectivity index (χ0) is 8.97. The van der Waals surface area contributed by atoms with Crippen LogP contribution in [0.2, 0.25) is 0 Å². The predicted octanol–water partition coefficient (Wildman–Crippen LogP) is -1.46. The van der Waals surface area contributed by atoms with Crippen LogP contribution in [0.4, 0.5) is 5.69 Å². The van der Waals surface area contributed by atoms with E-state index in [4.69, 9.17) is 0 Å². The van der Waals surface area contributed by atoms with Crippen LogP contribution in [0.25, 0.3) is 0 Å². The van der Waals surface area contributed by atoms with E-state index in [9.17, 15) is 9.90 Å². The normalized spacial score (nSPS) is 8.69. The molecule has 1 aromatic carbocycles. The summed E-state index contributed by atoms with van der Waals surface area (Å²) >= 11 is 0. The molecule has 4 heteroatoms. The molecule has 0 heterocycles. The molecule has 0 radical (unpaired) electrons. The monoisotopic (exact) mass is 203 g/mol. The van der Waals surface area contributed by atoms with Crippen molar-refractivity contribution in [2.24, 2.45) is 0 Å². The maximum atomic E-state index is 10.9. The van der Waals surface area contributed by atoms with Gasteiger partial charge in [0.1, 0.15) is 0 Å². The van der Waals surface area contributed by atoms with Gasteiger partial charge < -0.3 is 10.4 Å². The predicted molar refractivity (Wildman–Crippen MR) is 45.9 cm³/mol. The number of hydrogen-bond donors (Lipinski definition) is 2. The number of phenols is 1. The number of anilines is 1. The van der Waals surface area contributed by atoms with Crippen molar-refractivity contribution in [1.82, 2.24) is 0 Å². The fourth-order valence-corrected chi connectivity index (χ4v) is 0.766. The summed E-state index contributed by atoms with van der Waals surface area (Å²) in [6.07, 6.45) is 0.401. The number of rotatable bonds is 2. The van der Waals surface area contributed by atoms with Crippen LogP contribution in [0.3, 0.4) is 0 Å². The van der Waals surface area contributed by atoms with Gasteiger partial charge in [-0.25, -0.2) is 0 Å². The molecule has 1 amide bonds. The first kappa shape index (κ1) is 13.1. The van der Waals surface area contributed by atoms with Crippen LogP contribution in [-0.4, -0.2) is 11.0 Å². The second-order valence-corrected chi connectivity index (χ2v) is 2.34. The second kappa shape index (κ2) is 6.56. The molecule has 0 bridgehead atoms. The minimum atomic E-state index is -0.114. The quantitative estimate of drug-likeness (QED) is 0.351. The summed E-state index contributed by atoms with van der Waals surface area (Å²) < 4.78 is 0. The van der Waals surface area contributed by atoms with Gasteiger partial charge in [0.25, 0.3) is 0 Å². The zero-order valence-corrected chi connectivity index (χ0v) is 10.9. The number of amides is 1. The third-order valence-corrected chi connectivity index (χ3v) is 1.44. The molecule has 0 aliphatic heterocycles. The summed E-state index contributed by atoms with van der Waals surface area (Å²) in [5.41, 5.74) is 0.431. The molecule has 0 atom stereocenters. The van der Waals surface area contributed by atoms with Crippen molar-refractivity contribution in [3.63, 3.8) is 0 Å². The first-order chi connectivity index (χ1) is 5.74. The molecule has 0 unspecified atom stereocenters. The molecular formula is C9H10KNO2. The maximum Gasteiger partial charge on any atom is 1.00 e. The first-order valence-corrected chi connectivity index (χ1v) is 3.73. The van der Waals surface area contributed by atoms with Crippen molar-refractivity contribution in [3.05, 3.63) is 24.3 Å². The van der Waals surface area contributed by atoms with Crippen molar-refractivity contribution in [3.8, 4) is 5.75 Å². The van der Waals surface area contributed by atoms with Gasteiger partial charge in [-0.05, 0) is 5.69 Å². The second-order valence-electron chi connectivity index (χ2n) is 2.34. The van der Waals surface area contributed by atoms with Crippen molar-refractivity contribution in [2.75, 3.05) is 5.32 Å². The molecule has 0 saturated carbocycles. The molecule has 2 N–H and O–H groups in total. The molecule has 0 aromatic heterocycles. The van der Waals surface area contributed by atoms with Gasteiger partial charge in [-0.1, -0.05) is 6.92 Å². The Morgan fingerprint density at radius 3 is 2.92 bits per heavy atom. The van der Waals surface area contributed by atoms with Gasteiger partial charge in [-0.3, -0.25) is 4.79 Å². The van der Waals surface area contributed by atoms with E-state index < -0.39 is 0 Å². The molecule has 64 valence electrons. The molecule has 1 aromatic rings. The van der Waals surface area contributed by atoms with E-state index in [1.807, 2.05) is 0 Å². The van der Waals surface area contributed by atoms with Crippen LogP contribution >= 0.6 is 0 Å². The Kier molecular flexibility index (Phi) is 6.62. The van der Waals surface area contributed by atoms with E-state index in [1.165, 1.54) is 6.07 Å². The Bertz CT molecular complexity index is 289. The smallest absolute Gasteiger partial charge is 0.564 e. The van der Waals surface area contributed by atoms with Crippen molar-refractivity contribution in [1.29, 1.82) is 0 Å². The Hall–Kier alpha value is 0.126. The Morgan fingerprint density at radius 1 is 1.69 bits per heavy atom. The van der Waals surface area contributed by atoms with Gasteiger partial charge >= 0.3 is 51.4 Å². The molecule has 0 aliphatic rings. The molecule has 1 rings (SSSR count). The summed E-state index contributed by atoms with van der Waals surface area (Å²) in [7, 11) is 0. The van der Waals surface area contributed by atoms with E-state index >= 15 is 0 Å². The maximum absolute atomic E-state index is 10.9. The van der Waals surface area contributed by atoms with Crippen LogP contribution in [0.1, 0.15) is 13.3 Å². The summed E-state index contributed by atoms with van der Waals surface area (Å²) in [4.78, 5) is 10.9. The van der Waals surface area contributed by atoms with Crippen molar-refractivity contribution >= 4 is 11.6 Å². The molecule has 3 nitrogen and oxygen atoms in total. The number of carbonyl (C=O) groups is 1. The van der Waals surface area contributed by atoms with Crippen LogP contribution in [-0.2, 0) is 4.79 Å². The average molecular weight is 203 g/mol. The Labute approximate surface area is 120 Å². The zero-order valence-electron chi connectivity index (χ0n) is 7.79. The topological polar surface area (TPSA) is 49.3 Å². The average Bonchev–Trinajstić information content (AvgIpc) is 2.09. The number of carbonyl (C=O) groups excluding carboxylic acids is 1. The van der Waals surface area contributed by atoms with E-state index in [0.717, 1.165) is 0 Å². The Balaban J connectivity index is 0.00000144. The minimum Gasteiger partial charge on any atom is -0.564 e. The fraction of sp³-hybridized carbons (Fsp3) is 0.222. The van der Waals surface area contributed by atoms with E-state index in [-0.39, 0.29) is 63.0 Å². The van der Waals surface area contributed by atoms with Gasteiger partial charge in [-0.2, -0.15) is 12.1 Å². The van der Waals surface area contributed by atoms with Crippen LogP contribution in [0, 0.1) is 6.07 Å². The van der Waals surface area contributed by atoms with Crippen LogP contribution in [0.5, 0.6) is 5.75 Å². The summed E-state index contributed by atoms with van der Waals surface area (Å²) in [6.45, 7) is 1.75. The summed E-state index contributed by atoms with van der Waals surface area (Å²) in [6, 6.07) is 7.33. The van der Waals surface area contributed by atoms with Gasteiger partial charge in [0.2, 0.25) is 5.91 Å². The van der Waals surface area contributed by atoms with Gasteiger partial charge in [-0.15, -0.1) is 12.1 Å². The van der Waals surface area contributed by atoms with Crippen molar-refractivity contribution in [2.45, 2.75) is 13.3 Å². The minimum absolute atomic E-state index is 0. The molecule has 0 fully saturated rings. The third-order valence-electron chi connectivity index (χ3n) is 1.44. The Morgan fingerprint density at radius 2 is 2.38 bits per heavy atom. The van der Waals surface area contributed by atoms with Gasteiger partial charge in [0, 0.05) is 12.2 Å². The fourth-order valence-electron chi connectivity index (χ4n) is 0.766. The third kappa shape index (κ3) is 4.24. The van der Waals surface area contributed by atoms with E-state index in [1.54, 1.807) is 19.1 Å². The van der Waals surface area contributed by atoms with Crippen molar-refractivity contribution < 1.29 is 61.3 Å². The van der Waals surface area contributed by atoms with Crippen LogP contribution in [0.15, 0.2) is 18.2 Å². The summed E-state index contributed by atoms with van der Waals surface area (Å²) in [5.74, 6) is -0.0733. The molecule has 0 aliphatic carbocycles. The number of phenolic OH excluding ortho intramolecular Hbond substituents is 1. The van der Waals surface area contributed by atoms with Gasteiger partial charge in [0.05, 0.1) is 0 Å². The molecule has 0 saturated heterocycles. The molecule has 13 heavy (non-hydrogen) atoms. The van der Waals surface area contributed by atoms with Crippen LogP contribution < -0.4 is 56.7 Å².